The molecule has 1 aromatic rings. The molecule has 1 fully saturated rings. The molecule has 1 aromatic heterocycles. The van der Waals surface area contributed by atoms with Gasteiger partial charge in [-0.2, -0.15) is 0 Å². The predicted octanol–water partition coefficient (Wildman–Crippen LogP) is 4.51. The van der Waals surface area contributed by atoms with Crippen molar-refractivity contribution in [2.45, 2.75) is 71.3 Å². The van der Waals surface area contributed by atoms with Crippen molar-refractivity contribution in [3.8, 4) is 0 Å². The molecule has 122 valence electrons. The fourth-order valence-corrected chi connectivity index (χ4v) is 4.23. The number of thiophene rings is 1. The minimum absolute atomic E-state index is 0.101. The first-order chi connectivity index (χ1) is 10.5. The van der Waals surface area contributed by atoms with Crippen LogP contribution in [-0.4, -0.2) is 29.7 Å². The predicted molar refractivity (Wildman–Crippen MR) is 91.6 cm³/mol. The third-order valence-corrected chi connectivity index (χ3v) is 5.64. The summed E-state index contributed by atoms with van der Waals surface area (Å²) in [7, 11) is 1.91. The van der Waals surface area contributed by atoms with Gasteiger partial charge in [0.1, 0.15) is 0 Å². The monoisotopic (exact) mass is 321 g/mol. The van der Waals surface area contributed by atoms with E-state index in [-0.39, 0.29) is 11.7 Å². The number of rotatable bonds is 5. The van der Waals surface area contributed by atoms with Crippen molar-refractivity contribution in [2.75, 3.05) is 7.05 Å². The van der Waals surface area contributed by atoms with Gasteiger partial charge in [-0.05, 0) is 32.8 Å². The highest BCUT2D eigenvalue weighted by molar-refractivity contribution is 7.12. The summed E-state index contributed by atoms with van der Waals surface area (Å²) in [5, 5.41) is 0. The van der Waals surface area contributed by atoms with E-state index in [2.05, 4.69) is 0 Å². The second-order valence-corrected chi connectivity index (χ2v) is 7.86. The average molecular weight is 321 g/mol. The molecule has 1 aliphatic carbocycles. The molecular weight excluding hydrogens is 294 g/mol. The first kappa shape index (κ1) is 17.2. The third-order valence-electron chi connectivity index (χ3n) is 4.67. The second kappa shape index (κ2) is 7.91. The minimum atomic E-state index is 0.101. The zero-order valence-corrected chi connectivity index (χ0v) is 14.8. The average Bonchev–Trinajstić information content (AvgIpc) is 2.71. The number of ketones is 1. The molecule has 0 saturated heterocycles. The molecular formula is C18H27NO2S. The van der Waals surface area contributed by atoms with E-state index in [1.807, 2.05) is 31.9 Å². The van der Waals surface area contributed by atoms with E-state index in [4.69, 9.17) is 0 Å². The molecule has 1 aliphatic rings. The van der Waals surface area contributed by atoms with Crippen molar-refractivity contribution < 1.29 is 9.59 Å². The van der Waals surface area contributed by atoms with Crippen LogP contribution in [0.4, 0.5) is 0 Å². The van der Waals surface area contributed by atoms with Gasteiger partial charge in [-0.25, -0.2) is 0 Å². The molecule has 1 amide bonds. The van der Waals surface area contributed by atoms with Gasteiger partial charge in [-0.15, -0.1) is 11.3 Å². The van der Waals surface area contributed by atoms with Gasteiger partial charge in [0.15, 0.2) is 5.78 Å². The molecule has 0 atom stereocenters. The van der Waals surface area contributed by atoms with E-state index in [9.17, 15) is 9.59 Å². The van der Waals surface area contributed by atoms with E-state index >= 15 is 0 Å². The number of carbonyl (C=O) groups excluding carboxylic acids is 2. The van der Waals surface area contributed by atoms with E-state index in [0.717, 1.165) is 28.2 Å². The fourth-order valence-electron chi connectivity index (χ4n) is 3.29. The van der Waals surface area contributed by atoms with Crippen LogP contribution >= 0.6 is 11.3 Å². The van der Waals surface area contributed by atoms with Gasteiger partial charge in [-0.3, -0.25) is 9.59 Å². The smallest absolute Gasteiger partial charge is 0.223 e. The maximum Gasteiger partial charge on any atom is 0.223 e. The summed E-state index contributed by atoms with van der Waals surface area (Å²) in [4.78, 5) is 28.7. The van der Waals surface area contributed by atoms with Crippen LogP contribution < -0.4 is 0 Å². The highest BCUT2D eigenvalue weighted by atomic mass is 32.1. The van der Waals surface area contributed by atoms with Crippen LogP contribution in [0.25, 0.3) is 0 Å². The van der Waals surface area contributed by atoms with Gasteiger partial charge in [0, 0.05) is 41.2 Å². The molecule has 1 heterocycles. The Morgan fingerprint density at radius 3 is 2.32 bits per heavy atom. The van der Waals surface area contributed by atoms with Gasteiger partial charge in [-0.1, -0.05) is 25.7 Å². The lowest BCUT2D eigenvalue weighted by molar-refractivity contribution is -0.132. The summed E-state index contributed by atoms with van der Waals surface area (Å²) in [6.45, 7) is 3.99. The number of Topliss-reactive ketones (excluding diaryl/α,β-unsaturated/α-hetero) is 1. The van der Waals surface area contributed by atoms with Crippen LogP contribution in [-0.2, 0) is 4.79 Å². The van der Waals surface area contributed by atoms with Crippen LogP contribution in [0, 0.1) is 13.8 Å². The number of hydrogen-bond donors (Lipinski definition) is 0. The Balaban J connectivity index is 1.86. The van der Waals surface area contributed by atoms with Crippen LogP contribution in [0.2, 0.25) is 0 Å². The lowest BCUT2D eigenvalue weighted by atomic mass is 10.0. The van der Waals surface area contributed by atoms with Gasteiger partial charge >= 0.3 is 0 Å². The largest absolute Gasteiger partial charge is 0.343 e. The Labute approximate surface area is 137 Å². The molecule has 4 heteroatoms. The first-order valence-electron chi connectivity index (χ1n) is 8.35. The Hall–Kier alpha value is -1.16. The highest BCUT2D eigenvalue weighted by Gasteiger charge is 2.22. The van der Waals surface area contributed by atoms with Gasteiger partial charge in [0.2, 0.25) is 5.91 Å². The molecule has 1 saturated carbocycles. The highest BCUT2D eigenvalue weighted by Crippen LogP contribution is 2.24. The van der Waals surface area contributed by atoms with E-state index in [0.29, 0.717) is 18.9 Å². The normalized spacial score (nSPS) is 16.3. The maximum atomic E-state index is 12.4. The maximum absolute atomic E-state index is 12.4. The summed E-state index contributed by atoms with van der Waals surface area (Å²) >= 11 is 1.65. The molecule has 0 spiro atoms. The number of aryl methyl sites for hydroxylation is 2. The number of amides is 1. The molecule has 3 nitrogen and oxygen atoms in total. The van der Waals surface area contributed by atoms with Crippen molar-refractivity contribution in [3.05, 3.63) is 21.4 Å². The zero-order valence-electron chi connectivity index (χ0n) is 14.0. The summed E-state index contributed by atoms with van der Waals surface area (Å²) in [6, 6.07) is 2.32. The summed E-state index contributed by atoms with van der Waals surface area (Å²) in [5.74, 6) is 0.217. The minimum Gasteiger partial charge on any atom is -0.343 e. The van der Waals surface area contributed by atoms with Crippen LogP contribution in [0.5, 0.6) is 0 Å². The summed E-state index contributed by atoms with van der Waals surface area (Å²) in [6.07, 6.45) is 7.88. The van der Waals surface area contributed by atoms with Gasteiger partial charge in [0.05, 0.1) is 0 Å². The topological polar surface area (TPSA) is 37.4 Å². The van der Waals surface area contributed by atoms with Crippen LogP contribution in [0.3, 0.4) is 0 Å². The standard InChI is InChI=1S/C18H27NO2S/c1-13-12-16(14(2)22-13)17(20)10-11-18(21)19(3)15-8-6-4-5-7-9-15/h12,15H,4-11H2,1-3H3. The molecule has 2 rings (SSSR count). The quantitative estimate of drug-likeness (QED) is 0.591. The third kappa shape index (κ3) is 4.42. The molecule has 0 radical (unpaired) electrons. The van der Waals surface area contributed by atoms with Crippen LogP contribution in [0.1, 0.15) is 71.5 Å². The van der Waals surface area contributed by atoms with Crippen molar-refractivity contribution in [3.63, 3.8) is 0 Å². The molecule has 0 aromatic carbocycles. The van der Waals surface area contributed by atoms with Crippen LogP contribution in [0.15, 0.2) is 6.07 Å². The first-order valence-corrected chi connectivity index (χ1v) is 9.16. The van der Waals surface area contributed by atoms with Crippen molar-refractivity contribution >= 4 is 23.0 Å². The van der Waals surface area contributed by atoms with E-state index in [1.54, 1.807) is 11.3 Å². The molecule has 0 aliphatic heterocycles. The number of nitrogens with zero attached hydrogens (tertiary/aromatic N) is 1. The van der Waals surface area contributed by atoms with E-state index < -0.39 is 0 Å². The molecule has 0 N–H and O–H groups in total. The van der Waals surface area contributed by atoms with Crippen molar-refractivity contribution in [2.24, 2.45) is 0 Å². The Morgan fingerprint density at radius 2 is 1.77 bits per heavy atom. The van der Waals surface area contributed by atoms with E-state index in [1.165, 1.54) is 25.7 Å². The summed E-state index contributed by atoms with van der Waals surface area (Å²) in [5.41, 5.74) is 0.799. The lowest BCUT2D eigenvalue weighted by Gasteiger charge is -2.27. The SMILES string of the molecule is Cc1cc(C(=O)CCC(=O)N(C)C2CCCCCC2)c(C)s1. The van der Waals surface area contributed by atoms with Crippen molar-refractivity contribution in [1.29, 1.82) is 0 Å². The van der Waals surface area contributed by atoms with Gasteiger partial charge in [0.25, 0.3) is 0 Å². The fraction of sp³-hybridized carbons (Fsp3) is 0.667. The lowest BCUT2D eigenvalue weighted by Crippen LogP contribution is -2.36. The Bertz CT molecular complexity index is 527. The molecule has 0 unspecified atom stereocenters. The van der Waals surface area contributed by atoms with Gasteiger partial charge < -0.3 is 4.90 Å². The number of hydrogen-bond acceptors (Lipinski definition) is 3. The Morgan fingerprint density at radius 1 is 1.14 bits per heavy atom. The molecule has 0 bridgehead atoms. The Kier molecular flexibility index (Phi) is 6.18. The summed E-state index contributed by atoms with van der Waals surface area (Å²) < 4.78 is 0. The number of carbonyl (C=O) groups is 2. The zero-order chi connectivity index (χ0) is 16.1. The second-order valence-electron chi connectivity index (χ2n) is 6.40. The van der Waals surface area contributed by atoms with Crippen molar-refractivity contribution in [1.82, 2.24) is 4.90 Å². The molecule has 22 heavy (non-hydrogen) atoms.